The van der Waals surface area contributed by atoms with Crippen molar-refractivity contribution >= 4 is 0 Å². The molecule has 0 radical (unpaired) electrons. The van der Waals surface area contributed by atoms with Gasteiger partial charge in [-0.25, -0.2) is 4.98 Å². The Hall–Kier alpha value is -1.13. The number of nitrogens with two attached hydrogens (primary N) is 1. The maximum Gasteiger partial charge on any atom is 0.110 e. The molecule has 0 aliphatic carbocycles. The van der Waals surface area contributed by atoms with E-state index in [1.807, 2.05) is 18.5 Å². The van der Waals surface area contributed by atoms with Crippen LogP contribution in [0.1, 0.15) is 25.6 Å². The minimum Gasteiger partial charge on any atom is -0.335 e. The Bertz CT molecular complexity index is 293. The molecule has 0 saturated carbocycles. The summed E-state index contributed by atoms with van der Waals surface area (Å²) in [4.78, 5) is 4.34. The van der Waals surface area contributed by atoms with Crippen LogP contribution >= 0.6 is 0 Å². The molecular formula is C11H20N4. The van der Waals surface area contributed by atoms with Gasteiger partial charge in [0.1, 0.15) is 5.82 Å². The van der Waals surface area contributed by atoms with Crippen LogP contribution in [0.15, 0.2) is 25.0 Å². The molecular weight excluding hydrogens is 188 g/mol. The van der Waals surface area contributed by atoms with Crippen molar-refractivity contribution in [3.05, 3.63) is 30.9 Å². The average molecular weight is 208 g/mol. The van der Waals surface area contributed by atoms with E-state index in [1.54, 1.807) is 0 Å². The lowest BCUT2D eigenvalue weighted by Gasteiger charge is -2.14. The maximum atomic E-state index is 5.46. The number of hydrazine groups is 1. The third-order valence-corrected chi connectivity index (χ3v) is 2.38. The van der Waals surface area contributed by atoms with Crippen molar-refractivity contribution in [2.45, 2.75) is 38.8 Å². The first-order valence-electron chi connectivity index (χ1n) is 5.38. The molecule has 1 heterocycles. The van der Waals surface area contributed by atoms with Crippen molar-refractivity contribution in [1.29, 1.82) is 0 Å². The van der Waals surface area contributed by atoms with Crippen molar-refractivity contribution in [2.75, 3.05) is 0 Å². The fourth-order valence-corrected chi connectivity index (χ4v) is 1.61. The second-order valence-electron chi connectivity index (χ2n) is 3.63. The highest BCUT2D eigenvalue weighted by Gasteiger charge is 2.09. The molecule has 4 nitrogen and oxygen atoms in total. The lowest BCUT2D eigenvalue weighted by atomic mass is 10.1. The second-order valence-corrected chi connectivity index (χ2v) is 3.63. The highest BCUT2D eigenvalue weighted by molar-refractivity contribution is 4.96. The molecule has 0 aromatic carbocycles. The highest BCUT2D eigenvalue weighted by Crippen LogP contribution is 2.05. The fraction of sp³-hybridized carbons (Fsp3) is 0.545. The molecule has 0 amide bonds. The molecule has 0 aliphatic heterocycles. The first kappa shape index (κ1) is 11.9. The van der Waals surface area contributed by atoms with E-state index in [1.165, 1.54) is 0 Å². The van der Waals surface area contributed by atoms with Crippen LogP contribution in [-0.2, 0) is 13.0 Å². The topological polar surface area (TPSA) is 55.9 Å². The van der Waals surface area contributed by atoms with Gasteiger partial charge in [0.2, 0.25) is 0 Å². The van der Waals surface area contributed by atoms with Gasteiger partial charge in [-0.15, -0.1) is 6.58 Å². The van der Waals surface area contributed by atoms with Gasteiger partial charge in [-0.2, -0.15) is 0 Å². The molecule has 1 atom stereocenters. The molecule has 0 saturated heterocycles. The number of hydrogen-bond donors (Lipinski definition) is 2. The van der Waals surface area contributed by atoms with Gasteiger partial charge in [0, 0.05) is 31.4 Å². The molecule has 0 bridgehead atoms. The Kier molecular flexibility index (Phi) is 5.07. The minimum absolute atomic E-state index is 0.223. The largest absolute Gasteiger partial charge is 0.335 e. The van der Waals surface area contributed by atoms with Gasteiger partial charge in [0.15, 0.2) is 0 Å². The maximum absolute atomic E-state index is 5.46. The van der Waals surface area contributed by atoms with Crippen LogP contribution in [0.2, 0.25) is 0 Å². The van der Waals surface area contributed by atoms with Gasteiger partial charge in [-0.3, -0.25) is 11.3 Å². The lowest BCUT2D eigenvalue weighted by molar-refractivity contribution is 0.502. The van der Waals surface area contributed by atoms with Crippen LogP contribution in [-0.4, -0.2) is 15.6 Å². The van der Waals surface area contributed by atoms with E-state index < -0.39 is 0 Å². The summed E-state index contributed by atoms with van der Waals surface area (Å²) in [6.45, 7) is 6.89. The van der Waals surface area contributed by atoms with Crippen LogP contribution in [0.25, 0.3) is 0 Å². The van der Waals surface area contributed by atoms with E-state index in [-0.39, 0.29) is 6.04 Å². The molecule has 1 unspecified atom stereocenters. The van der Waals surface area contributed by atoms with Crippen molar-refractivity contribution in [3.8, 4) is 0 Å². The molecule has 3 N–H and O–H groups in total. The summed E-state index contributed by atoms with van der Waals surface area (Å²) in [6, 6.07) is 0.223. The summed E-state index contributed by atoms with van der Waals surface area (Å²) >= 11 is 0. The molecule has 4 heteroatoms. The number of aryl methyl sites for hydroxylation is 1. The number of rotatable bonds is 7. The monoisotopic (exact) mass is 208 g/mol. The highest BCUT2D eigenvalue weighted by atomic mass is 15.2. The zero-order chi connectivity index (χ0) is 11.1. The van der Waals surface area contributed by atoms with Crippen molar-refractivity contribution in [1.82, 2.24) is 15.0 Å². The molecule has 0 aliphatic rings. The summed E-state index contributed by atoms with van der Waals surface area (Å²) in [7, 11) is 0. The van der Waals surface area contributed by atoms with Crippen LogP contribution in [0.3, 0.4) is 0 Å². The zero-order valence-corrected chi connectivity index (χ0v) is 9.32. The Balaban J connectivity index is 2.60. The van der Waals surface area contributed by atoms with Crippen molar-refractivity contribution in [3.63, 3.8) is 0 Å². The van der Waals surface area contributed by atoms with Crippen LogP contribution in [0.5, 0.6) is 0 Å². The minimum atomic E-state index is 0.223. The summed E-state index contributed by atoms with van der Waals surface area (Å²) in [5, 5.41) is 0. The van der Waals surface area contributed by atoms with Gasteiger partial charge >= 0.3 is 0 Å². The first-order valence-corrected chi connectivity index (χ1v) is 5.38. The van der Waals surface area contributed by atoms with Gasteiger partial charge in [-0.1, -0.05) is 13.0 Å². The van der Waals surface area contributed by atoms with Crippen LogP contribution < -0.4 is 11.3 Å². The van der Waals surface area contributed by atoms with Gasteiger partial charge in [0.05, 0.1) is 0 Å². The Labute approximate surface area is 91.2 Å². The van der Waals surface area contributed by atoms with E-state index in [9.17, 15) is 0 Å². The number of nitrogens with zero attached hydrogens (tertiary/aromatic N) is 2. The second kappa shape index (κ2) is 6.37. The predicted molar refractivity (Wildman–Crippen MR) is 62.1 cm³/mol. The summed E-state index contributed by atoms with van der Waals surface area (Å²) in [6.07, 6.45) is 8.54. The molecule has 0 fully saturated rings. The fourth-order valence-electron chi connectivity index (χ4n) is 1.61. The number of nitrogens with one attached hydrogen (secondary N) is 1. The molecule has 1 aromatic rings. The molecule has 15 heavy (non-hydrogen) atoms. The molecule has 1 aromatic heterocycles. The Morgan fingerprint density at radius 3 is 3.13 bits per heavy atom. The predicted octanol–water partition coefficient (Wildman–Crippen LogP) is 1.24. The lowest BCUT2D eigenvalue weighted by Crippen LogP contribution is -2.37. The normalized spacial score (nSPS) is 12.7. The standard InChI is InChI=1S/C11H20N4/c1-3-5-10(14-12)9-11-13-6-8-15(11)7-4-2/h3,6,8,10,14H,1,4-5,7,9,12H2,2H3. The average Bonchev–Trinajstić information content (AvgIpc) is 2.66. The van der Waals surface area contributed by atoms with Crippen LogP contribution in [0.4, 0.5) is 0 Å². The summed E-state index contributed by atoms with van der Waals surface area (Å²) < 4.78 is 2.17. The van der Waals surface area contributed by atoms with E-state index in [4.69, 9.17) is 5.84 Å². The number of aromatic nitrogens is 2. The van der Waals surface area contributed by atoms with Crippen LogP contribution in [0, 0.1) is 0 Å². The van der Waals surface area contributed by atoms with Gasteiger partial charge in [0.25, 0.3) is 0 Å². The molecule has 0 spiro atoms. The molecule has 1 rings (SSSR count). The van der Waals surface area contributed by atoms with E-state index in [2.05, 4.69) is 28.5 Å². The SMILES string of the molecule is C=CCC(Cc1nccn1CCC)NN. The third kappa shape index (κ3) is 3.49. The van der Waals surface area contributed by atoms with Crippen molar-refractivity contribution in [2.24, 2.45) is 5.84 Å². The Morgan fingerprint density at radius 1 is 1.73 bits per heavy atom. The van der Waals surface area contributed by atoms with Gasteiger partial charge < -0.3 is 4.57 Å². The Morgan fingerprint density at radius 2 is 2.53 bits per heavy atom. The first-order chi connectivity index (χ1) is 7.31. The summed E-state index contributed by atoms with van der Waals surface area (Å²) in [5.41, 5.74) is 2.79. The van der Waals surface area contributed by atoms with Gasteiger partial charge in [-0.05, 0) is 12.8 Å². The van der Waals surface area contributed by atoms with E-state index in [0.717, 1.165) is 31.6 Å². The summed E-state index contributed by atoms with van der Waals surface area (Å²) in [5.74, 6) is 6.55. The van der Waals surface area contributed by atoms with E-state index in [0.29, 0.717) is 0 Å². The number of hydrogen-bond acceptors (Lipinski definition) is 3. The zero-order valence-electron chi connectivity index (χ0n) is 9.32. The van der Waals surface area contributed by atoms with Crippen molar-refractivity contribution < 1.29 is 0 Å². The number of imidazole rings is 1. The smallest absolute Gasteiger partial charge is 0.110 e. The third-order valence-electron chi connectivity index (χ3n) is 2.38. The quantitative estimate of drug-likeness (QED) is 0.403. The molecule has 84 valence electrons. The van der Waals surface area contributed by atoms with E-state index >= 15 is 0 Å².